The molecule has 0 aliphatic rings. The van der Waals surface area contributed by atoms with E-state index in [1.165, 1.54) is 0 Å². The summed E-state index contributed by atoms with van der Waals surface area (Å²) in [4.78, 5) is 11.0. The summed E-state index contributed by atoms with van der Waals surface area (Å²) >= 11 is 5.37. The molecule has 0 bridgehead atoms. The monoisotopic (exact) mass is 198 g/mol. The number of alkyl halides is 1. The van der Waals surface area contributed by atoms with Gasteiger partial charge in [0.2, 0.25) is 0 Å². The van der Waals surface area contributed by atoms with E-state index in [0.717, 1.165) is 5.56 Å². The molecule has 0 radical (unpaired) electrons. The van der Waals surface area contributed by atoms with E-state index < -0.39 is 0 Å². The summed E-state index contributed by atoms with van der Waals surface area (Å²) < 4.78 is 0. The first-order valence-electron chi connectivity index (χ1n) is 3.85. The highest BCUT2D eigenvalue weighted by molar-refractivity contribution is 6.27. The molecule has 0 saturated carbocycles. The summed E-state index contributed by atoms with van der Waals surface area (Å²) in [5, 5.41) is 0. The maximum absolute atomic E-state index is 11.0. The van der Waals surface area contributed by atoms with Gasteiger partial charge in [-0.15, -0.1) is 11.6 Å². The first kappa shape index (κ1) is 9.86. The number of hydrogen-bond acceptors (Lipinski definition) is 3. The largest absolute Gasteiger partial charge is 0.397 e. The number of halogens is 1. The predicted molar refractivity (Wildman–Crippen MR) is 54.7 cm³/mol. The quantitative estimate of drug-likeness (QED) is 0.567. The molecular formula is C9H11ClN2O. The summed E-state index contributed by atoms with van der Waals surface area (Å²) in [5.41, 5.74) is 13.0. The van der Waals surface area contributed by atoms with Gasteiger partial charge in [0, 0.05) is 6.42 Å². The van der Waals surface area contributed by atoms with Crippen molar-refractivity contribution in [2.45, 2.75) is 6.42 Å². The van der Waals surface area contributed by atoms with Gasteiger partial charge in [-0.25, -0.2) is 0 Å². The minimum absolute atomic E-state index is 0.0224. The molecule has 4 N–H and O–H groups in total. The Labute approximate surface area is 81.7 Å². The molecule has 0 aliphatic carbocycles. The molecular weight excluding hydrogens is 188 g/mol. The van der Waals surface area contributed by atoms with Gasteiger partial charge in [0.25, 0.3) is 0 Å². The molecule has 0 aromatic heterocycles. The van der Waals surface area contributed by atoms with Crippen LogP contribution in [0.15, 0.2) is 18.2 Å². The van der Waals surface area contributed by atoms with Gasteiger partial charge in [-0.2, -0.15) is 0 Å². The second-order valence-electron chi connectivity index (χ2n) is 2.81. The average molecular weight is 199 g/mol. The van der Waals surface area contributed by atoms with E-state index in [9.17, 15) is 4.79 Å². The average Bonchev–Trinajstić information content (AvgIpc) is 2.11. The number of nitrogens with two attached hydrogens (primary N) is 2. The first-order chi connectivity index (χ1) is 6.13. The Bertz CT molecular complexity index is 325. The SMILES string of the molecule is Nc1ccc(CC(=O)CCl)cc1N. The van der Waals surface area contributed by atoms with Gasteiger partial charge in [-0.3, -0.25) is 4.79 Å². The van der Waals surface area contributed by atoms with Crippen molar-refractivity contribution in [3.63, 3.8) is 0 Å². The van der Waals surface area contributed by atoms with Crippen LogP contribution in [0.4, 0.5) is 11.4 Å². The van der Waals surface area contributed by atoms with Gasteiger partial charge in [0.15, 0.2) is 5.78 Å². The summed E-state index contributed by atoms with van der Waals surface area (Å²) in [6.45, 7) is 0. The Hall–Kier alpha value is -1.22. The van der Waals surface area contributed by atoms with E-state index in [-0.39, 0.29) is 11.7 Å². The van der Waals surface area contributed by atoms with Crippen molar-refractivity contribution in [1.29, 1.82) is 0 Å². The third kappa shape index (κ3) is 2.63. The predicted octanol–water partition coefficient (Wildman–Crippen LogP) is 1.20. The van der Waals surface area contributed by atoms with Crippen LogP contribution in [0.5, 0.6) is 0 Å². The summed E-state index contributed by atoms with van der Waals surface area (Å²) in [6.07, 6.45) is 0.313. The molecule has 1 aromatic carbocycles. The van der Waals surface area contributed by atoms with Crippen molar-refractivity contribution < 1.29 is 4.79 Å². The van der Waals surface area contributed by atoms with Crippen molar-refractivity contribution in [2.75, 3.05) is 17.3 Å². The molecule has 0 spiro atoms. The van der Waals surface area contributed by atoms with Crippen LogP contribution in [-0.2, 0) is 11.2 Å². The second-order valence-corrected chi connectivity index (χ2v) is 3.08. The number of carbonyl (C=O) groups excluding carboxylic acids is 1. The number of anilines is 2. The Kier molecular flexibility index (Phi) is 3.14. The number of rotatable bonds is 3. The molecule has 0 amide bonds. The molecule has 1 aromatic rings. The molecule has 0 saturated heterocycles. The number of ketones is 1. The number of Topliss-reactive ketones (excluding diaryl/α,β-unsaturated/α-hetero) is 1. The highest BCUT2D eigenvalue weighted by Crippen LogP contribution is 2.16. The van der Waals surface area contributed by atoms with E-state index in [1.54, 1.807) is 18.2 Å². The molecule has 0 atom stereocenters. The third-order valence-corrected chi connectivity index (χ3v) is 2.00. The van der Waals surface area contributed by atoms with Crippen LogP contribution in [0.25, 0.3) is 0 Å². The molecule has 70 valence electrons. The number of nitrogen functional groups attached to an aromatic ring is 2. The van der Waals surface area contributed by atoms with Gasteiger partial charge in [-0.05, 0) is 17.7 Å². The van der Waals surface area contributed by atoms with E-state index in [2.05, 4.69) is 0 Å². The van der Waals surface area contributed by atoms with Gasteiger partial charge in [0.05, 0.1) is 17.3 Å². The zero-order chi connectivity index (χ0) is 9.84. The lowest BCUT2D eigenvalue weighted by atomic mass is 10.1. The summed E-state index contributed by atoms with van der Waals surface area (Å²) in [5.74, 6) is 0.00965. The van der Waals surface area contributed by atoms with Gasteiger partial charge in [-0.1, -0.05) is 6.07 Å². The normalized spacial score (nSPS) is 9.92. The fraction of sp³-hybridized carbons (Fsp3) is 0.222. The minimum atomic E-state index is -0.0224. The van der Waals surface area contributed by atoms with Crippen molar-refractivity contribution in [1.82, 2.24) is 0 Å². The maximum Gasteiger partial charge on any atom is 0.151 e. The summed E-state index contributed by atoms with van der Waals surface area (Å²) in [6, 6.07) is 5.15. The number of carbonyl (C=O) groups is 1. The zero-order valence-electron chi connectivity index (χ0n) is 7.09. The highest BCUT2D eigenvalue weighted by Gasteiger charge is 2.03. The van der Waals surface area contributed by atoms with E-state index in [1.807, 2.05) is 0 Å². The smallest absolute Gasteiger partial charge is 0.151 e. The Morgan fingerprint density at radius 3 is 2.54 bits per heavy atom. The van der Waals surface area contributed by atoms with Crippen LogP contribution in [0.1, 0.15) is 5.56 Å². The lowest BCUT2D eigenvalue weighted by molar-refractivity contribution is -0.116. The zero-order valence-corrected chi connectivity index (χ0v) is 7.84. The molecule has 0 unspecified atom stereocenters. The number of hydrogen-bond donors (Lipinski definition) is 2. The topological polar surface area (TPSA) is 69.1 Å². The molecule has 13 heavy (non-hydrogen) atoms. The molecule has 0 heterocycles. The molecule has 0 fully saturated rings. The van der Waals surface area contributed by atoms with Crippen molar-refractivity contribution in [3.05, 3.63) is 23.8 Å². The van der Waals surface area contributed by atoms with Crippen LogP contribution >= 0.6 is 11.6 Å². The van der Waals surface area contributed by atoms with Crippen molar-refractivity contribution in [3.8, 4) is 0 Å². The van der Waals surface area contributed by atoms with Crippen molar-refractivity contribution in [2.24, 2.45) is 0 Å². The maximum atomic E-state index is 11.0. The number of benzene rings is 1. The van der Waals surface area contributed by atoms with Crippen LogP contribution < -0.4 is 11.5 Å². The molecule has 4 heteroatoms. The fourth-order valence-corrected chi connectivity index (χ4v) is 1.10. The minimum Gasteiger partial charge on any atom is -0.397 e. The molecule has 3 nitrogen and oxygen atoms in total. The Balaban J connectivity index is 2.79. The van der Waals surface area contributed by atoms with E-state index in [0.29, 0.717) is 17.8 Å². The lowest BCUT2D eigenvalue weighted by Gasteiger charge is -2.02. The first-order valence-corrected chi connectivity index (χ1v) is 4.38. The van der Waals surface area contributed by atoms with E-state index in [4.69, 9.17) is 23.1 Å². The van der Waals surface area contributed by atoms with Crippen LogP contribution in [0.3, 0.4) is 0 Å². The second kappa shape index (κ2) is 4.14. The van der Waals surface area contributed by atoms with Crippen molar-refractivity contribution >= 4 is 28.8 Å². The Morgan fingerprint density at radius 1 is 1.31 bits per heavy atom. The van der Waals surface area contributed by atoms with Gasteiger partial charge in [0.1, 0.15) is 0 Å². The molecule has 0 aliphatic heterocycles. The van der Waals surface area contributed by atoms with Crippen LogP contribution in [-0.4, -0.2) is 11.7 Å². The summed E-state index contributed by atoms with van der Waals surface area (Å²) in [7, 11) is 0. The third-order valence-electron chi connectivity index (χ3n) is 1.70. The van der Waals surface area contributed by atoms with Gasteiger partial charge >= 0.3 is 0 Å². The standard InChI is InChI=1S/C9H11ClN2O/c10-5-7(13)3-6-1-2-8(11)9(12)4-6/h1-2,4H,3,5,11-12H2. The van der Waals surface area contributed by atoms with Crippen LogP contribution in [0, 0.1) is 0 Å². The van der Waals surface area contributed by atoms with Crippen LogP contribution in [0.2, 0.25) is 0 Å². The highest BCUT2D eigenvalue weighted by atomic mass is 35.5. The molecule has 1 rings (SSSR count). The van der Waals surface area contributed by atoms with E-state index >= 15 is 0 Å². The fourth-order valence-electron chi connectivity index (χ4n) is 1.01. The lowest BCUT2D eigenvalue weighted by Crippen LogP contribution is -2.04. The van der Waals surface area contributed by atoms with Gasteiger partial charge < -0.3 is 11.5 Å². The Morgan fingerprint density at radius 2 is 2.00 bits per heavy atom.